The first-order chi connectivity index (χ1) is 12.3. The van der Waals surface area contributed by atoms with Crippen molar-refractivity contribution in [1.82, 2.24) is 10.6 Å². The highest BCUT2D eigenvalue weighted by Crippen LogP contribution is 2.37. The second kappa shape index (κ2) is 8.67. The Bertz CT molecular complexity index is 717. The fourth-order valence-electron chi connectivity index (χ4n) is 2.55. The molecular weight excluding hydrogens is 342 g/mol. The third kappa shape index (κ3) is 4.82. The lowest BCUT2D eigenvalue weighted by Crippen LogP contribution is -2.37. The first-order valence-corrected chi connectivity index (χ1v) is 8.69. The monoisotopic (exact) mass is 363 g/mol. The molecule has 7 heteroatoms. The minimum Gasteiger partial charge on any atom is -0.489 e. The number of hydrogen-bond donors (Lipinski definition) is 2. The van der Waals surface area contributed by atoms with Crippen LogP contribution in [-0.2, 0) is 13.0 Å². The summed E-state index contributed by atoms with van der Waals surface area (Å²) in [6.45, 7) is 2.57. The largest absolute Gasteiger partial charge is 0.489 e. The zero-order chi connectivity index (χ0) is 17.5. The predicted molar refractivity (Wildman–Crippen MR) is 97.7 cm³/mol. The molecule has 0 saturated heterocycles. The van der Waals surface area contributed by atoms with E-state index in [-0.39, 0.29) is 0 Å². The molecule has 1 aliphatic rings. The summed E-state index contributed by atoms with van der Waals surface area (Å²) in [6.07, 6.45) is 3.32. The summed E-state index contributed by atoms with van der Waals surface area (Å²) in [5.74, 6) is 2.99. The fraction of sp³-hybridized carbons (Fsp3) is 0.389. The van der Waals surface area contributed by atoms with Gasteiger partial charge in [-0.2, -0.15) is 0 Å². The number of furan rings is 1. The molecule has 0 bridgehead atoms. The Kier molecular flexibility index (Phi) is 6.06. The highest BCUT2D eigenvalue weighted by atomic mass is 35.5. The molecule has 3 rings (SSSR count). The summed E-state index contributed by atoms with van der Waals surface area (Å²) in [5, 5.41) is 7.09. The predicted octanol–water partition coefficient (Wildman–Crippen LogP) is 3.00. The molecule has 0 spiro atoms. The van der Waals surface area contributed by atoms with Crippen LogP contribution in [0.4, 0.5) is 0 Å². The molecule has 2 aromatic rings. The summed E-state index contributed by atoms with van der Waals surface area (Å²) in [4.78, 5) is 4.22. The van der Waals surface area contributed by atoms with Crippen LogP contribution in [0, 0.1) is 0 Å². The van der Waals surface area contributed by atoms with E-state index in [1.54, 1.807) is 13.3 Å². The Morgan fingerprint density at radius 3 is 2.92 bits per heavy atom. The Morgan fingerprint density at radius 1 is 1.24 bits per heavy atom. The van der Waals surface area contributed by atoms with Gasteiger partial charge < -0.3 is 24.5 Å². The quantitative estimate of drug-likeness (QED) is 0.631. The molecule has 0 atom stereocenters. The average Bonchev–Trinajstić information content (AvgIpc) is 3.01. The Balaban J connectivity index is 1.54. The smallest absolute Gasteiger partial charge is 0.191 e. The molecule has 0 unspecified atom stereocenters. The standard InChI is InChI=1S/C18H22ClN3O3/c1-20-18(21-6-5-14-4-2-7-23-14)22-12-13-10-15(19)17-16(11-13)24-8-3-9-25-17/h2,4,7,10-11H,3,5-6,8-9,12H2,1H3,(H2,20,21,22). The third-order valence-corrected chi connectivity index (χ3v) is 4.07. The van der Waals surface area contributed by atoms with E-state index in [2.05, 4.69) is 15.6 Å². The van der Waals surface area contributed by atoms with Crippen LogP contribution in [0.2, 0.25) is 5.02 Å². The molecule has 1 aromatic heterocycles. The summed E-state index contributed by atoms with van der Waals surface area (Å²) < 4.78 is 16.7. The molecule has 1 aliphatic heterocycles. The van der Waals surface area contributed by atoms with E-state index in [0.29, 0.717) is 36.3 Å². The van der Waals surface area contributed by atoms with Gasteiger partial charge in [0.1, 0.15) is 5.76 Å². The second-order valence-corrected chi connectivity index (χ2v) is 6.04. The number of ether oxygens (including phenoxy) is 2. The van der Waals surface area contributed by atoms with Gasteiger partial charge in [0.25, 0.3) is 0 Å². The van der Waals surface area contributed by atoms with E-state index in [1.807, 2.05) is 24.3 Å². The first-order valence-electron chi connectivity index (χ1n) is 8.31. The van der Waals surface area contributed by atoms with Gasteiger partial charge in [-0.05, 0) is 29.8 Å². The lowest BCUT2D eigenvalue weighted by atomic mass is 10.2. The van der Waals surface area contributed by atoms with Gasteiger partial charge in [-0.25, -0.2) is 0 Å². The van der Waals surface area contributed by atoms with Gasteiger partial charge in [-0.15, -0.1) is 0 Å². The van der Waals surface area contributed by atoms with Crippen LogP contribution in [-0.4, -0.2) is 32.8 Å². The van der Waals surface area contributed by atoms with E-state index < -0.39 is 0 Å². The van der Waals surface area contributed by atoms with Crippen molar-refractivity contribution in [3.63, 3.8) is 0 Å². The lowest BCUT2D eigenvalue weighted by molar-refractivity contribution is 0.297. The van der Waals surface area contributed by atoms with Gasteiger partial charge in [0.05, 0.1) is 24.5 Å². The molecule has 0 fully saturated rings. The van der Waals surface area contributed by atoms with Crippen LogP contribution in [0.1, 0.15) is 17.7 Å². The molecule has 0 aliphatic carbocycles. The number of nitrogens with one attached hydrogen (secondary N) is 2. The summed E-state index contributed by atoms with van der Waals surface area (Å²) in [6, 6.07) is 7.68. The molecule has 2 heterocycles. The number of hydrogen-bond acceptors (Lipinski definition) is 4. The van der Waals surface area contributed by atoms with Crippen molar-refractivity contribution in [3.05, 3.63) is 46.9 Å². The van der Waals surface area contributed by atoms with Crippen molar-refractivity contribution in [2.45, 2.75) is 19.4 Å². The van der Waals surface area contributed by atoms with Crippen LogP contribution in [0.5, 0.6) is 11.5 Å². The average molecular weight is 364 g/mol. The number of guanidine groups is 1. The molecule has 25 heavy (non-hydrogen) atoms. The Hall–Kier alpha value is -2.34. The maximum Gasteiger partial charge on any atom is 0.191 e. The van der Waals surface area contributed by atoms with Crippen molar-refractivity contribution >= 4 is 17.6 Å². The zero-order valence-electron chi connectivity index (χ0n) is 14.2. The molecular formula is C18H22ClN3O3. The third-order valence-electron chi connectivity index (χ3n) is 3.79. The van der Waals surface area contributed by atoms with E-state index in [4.69, 9.17) is 25.5 Å². The van der Waals surface area contributed by atoms with Crippen molar-refractivity contribution in [2.24, 2.45) is 4.99 Å². The second-order valence-electron chi connectivity index (χ2n) is 5.64. The number of rotatable bonds is 5. The van der Waals surface area contributed by atoms with Crippen LogP contribution >= 0.6 is 11.6 Å². The Labute approximate surface area is 152 Å². The zero-order valence-corrected chi connectivity index (χ0v) is 14.9. The molecule has 0 saturated carbocycles. The maximum atomic E-state index is 6.32. The normalized spacial score (nSPS) is 14.1. The highest BCUT2D eigenvalue weighted by Gasteiger charge is 2.15. The van der Waals surface area contributed by atoms with Crippen LogP contribution in [0.15, 0.2) is 39.9 Å². The van der Waals surface area contributed by atoms with Crippen molar-refractivity contribution in [3.8, 4) is 11.5 Å². The van der Waals surface area contributed by atoms with Crippen molar-refractivity contribution in [1.29, 1.82) is 0 Å². The number of fused-ring (bicyclic) bond motifs is 1. The van der Waals surface area contributed by atoms with Crippen molar-refractivity contribution < 1.29 is 13.9 Å². The minimum atomic E-state index is 0.567. The number of aliphatic imine (C=N–C) groups is 1. The minimum absolute atomic E-state index is 0.567. The van der Waals surface area contributed by atoms with Gasteiger partial charge >= 0.3 is 0 Å². The van der Waals surface area contributed by atoms with E-state index >= 15 is 0 Å². The maximum absolute atomic E-state index is 6.32. The number of nitrogens with zero attached hydrogens (tertiary/aromatic N) is 1. The van der Waals surface area contributed by atoms with Crippen LogP contribution in [0.3, 0.4) is 0 Å². The fourth-order valence-corrected chi connectivity index (χ4v) is 2.84. The van der Waals surface area contributed by atoms with Gasteiger partial charge in [0.2, 0.25) is 0 Å². The molecule has 0 amide bonds. The van der Waals surface area contributed by atoms with Gasteiger partial charge in [0.15, 0.2) is 17.5 Å². The van der Waals surface area contributed by atoms with E-state index in [1.165, 1.54) is 0 Å². The SMILES string of the molecule is CN=C(NCCc1ccco1)NCc1cc(Cl)c2c(c1)OCCCO2. The molecule has 1 aromatic carbocycles. The van der Waals surface area contributed by atoms with Gasteiger partial charge in [-0.1, -0.05) is 11.6 Å². The van der Waals surface area contributed by atoms with E-state index in [9.17, 15) is 0 Å². The van der Waals surface area contributed by atoms with Gasteiger partial charge in [-0.3, -0.25) is 4.99 Å². The molecule has 2 N–H and O–H groups in total. The number of halogens is 1. The lowest BCUT2D eigenvalue weighted by Gasteiger charge is -2.14. The first kappa shape index (κ1) is 17.5. The van der Waals surface area contributed by atoms with Crippen molar-refractivity contribution in [2.75, 3.05) is 26.8 Å². The van der Waals surface area contributed by atoms with E-state index in [0.717, 1.165) is 36.7 Å². The number of benzene rings is 1. The summed E-state index contributed by atoms with van der Waals surface area (Å²) in [7, 11) is 1.74. The van der Waals surface area contributed by atoms with Crippen LogP contribution in [0.25, 0.3) is 0 Å². The molecule has 6 nitrogen and oxygen atoms in total. The van der Waals surface area contributed by atoms with Crippen LogP contribution < -0.4 is 20.1 Å². The van der Waals surface area contributed by atoms with Gasteiger partial charge in [0, 0.05) is 33.0 Å². The molecule has 0 radical (unpaired) electrons. The topological polar surface area (TPSA) is 68.0 Å². The highest BCUT2D eigenvalue weighted by molar-refractivity contribution is 6.32. The summed E-state index contributed by atoms with van der Waals surface area (Å²) in [5.41, 5.74) is 1.00. The molecule has 134 valence electrons. The Morgan fingerprint density at radius 2 is 2.12 bits per heavy atom. The summed E-state index contributed by atoms with van der Waals surface area (Å²) >= 11 is 6.32.